The lowest BCUT2D eigenvalue weighted by Gasteiger charge is -2.10. The first kappa shape index (κ1) is 15.5. The smallest absolute Gasteiger partial charge is 0.341 e. The van der Waals surface area contributed by atoms with Crippen molar-refractivity contribution >= 4 is 11.5 Å². The van der Waals surface area contributed by atoms with Crippen LogP contribution in [0, 0.1) is 6.92 Å². The summed E-state index contributed by atoms with van der Waals surface area (Å²) in [4.78, 5) is 35.5. The maximum Gasteiger partial charge on any atom is 0.341 e. The molecule has 0 atom stereocenters. The van der Waals surface area contributed by atoms with Gasteiger partial charge >= 0.3 is 5.97 Å². The molecule has 3 aromatic rings. The van der Waals surface area contributed by atoms with Gasteiger partial charge in [-0.25, -0.2) is 4.79 Å². The van der Waals surface area contributed by atoms with E-state index in [2.05, 4.69) is 0 Å². The van der Waals surface area contributed by atoms with E-state index in [4.69, 9.17) is 5.11 Å². The molecule has 0 amide bonds. The van der Waals surface area contributed by atoms with Crippen LogP contribution >= 0.6 is 0 Å². The predicted molar refractivity (Wildman–Crippen MR) is 86.8 cm³/mol. The fourth-order valence-electron chi connectivity index (χ4n) is 2.59. The monoisotopic (exact) mass is 326 g/mol. The number of aromatic nitrogens is 2. The van der Waals surface area contributed by atoms with E-state index in [0.29, 0.717) is 0 Å². The number of nitrogens with zero attached hydrogens (tertiary/aromatic N) is 2. The first-order valence-electron chi connectivity index (χ1n) is 7.14. The number of aromatic hydroxyl groups is 1. The minimum atomic E-state index is -1.46. The fraction of sp³-hybridized carbons (Fsp3) is 0.118. The van der Waals surface area contributed by atoms with Crippen LogP contribution in [-0.4, -0.2) is 25.2 Å². The van der Waals surface area contributed by atoms with Gasteiger partial charge in [0, 0.05) is 18.6 Å². The molecule has 2 heterocycles. The molecular formula is C17H14N2O5. The van der Waals surface area contributed by atoms with Crippen LogP contribution in [-0.2, 0) is 6.54 Å². The summed E-state index contributed by atoms with van der Waals surface area (Å²) in [6.45, 7) is 2.21. The third kappa shape index (κ3) is 2.56. The highest BCUT2D eigenvalue weighted by Crippen LogP contribution is 2.12. The zero-order valence-corrected chi connectivity index (χ0v) is 12.8. The third-order valence-electron chi connectivity index (χ3n) is 3.75. The summed E-state index contributed by atoms with van der Waals surface area (Å²) in [6.07, 6.45) is 3.93. The average molecular weight is 326 g/mol. The number of pyridine rings is 1. The van der Waals surface area contributed by atoms with Crippen molar-refractivity contribution in [2.45, 2.75) is 13.5 Å². The van der Waals surface area contributed by atoms with E-state index in [-0.39, 0.29) is 12.1 Å². The van der Waals surface area contributed by atoms with Crippen molar-refractivity contribution in [1.29, 1.82) is 0 Å². The van der Waals surface area contributed by atoms with Gasteiger partial charge in [-0.05, 0) is 12.5 Å². The molecule has 0 radical (unpaired) electrons. The second-order valence-corrected chi connectivity index (χ2v) is 5.50. The number of carboxylic acids is 1. The summed E-state index contributed by atoms with van der Waals surface area (Å²) >= 11 is 0. The van der Waals surface area contributed by atoms with E-state index in [1.807, 2.05) is 31.2 Å². The van der Waals surface area contributed by atoms with Crippen LogP contribution < -0.4 is 11.0 Å². The second kappa shape index (κ2) is 5.69. The molecule has 7 nitrogen and oxygen atoms in total. The SMILES string of the molecule is Cc1cccc(Cn2ccn3cc(C(=O)O)c(=O)c(O)c3c2=O)c1. The summed E-state index contributed by atoms with van der Waals surface area (Å²) in [7, 11) is 0. The van der Waals surface area contributed by atoms with Crippen molar-refractivity contribution < 1.29 is 15.0 Å². The number of rotatable bonds is 3. The first-order chi connectivity index (χ1) is 11.4. The maximum absolute atomic E-state index is 12.6. The van der Waals surface area contributed by atoms with Gasteiger partial charge in [-0.1, -0.05) is 29.8 Å². The Hall–Kier alpha value is -3.35. The van der Waals surface area contributed by atoms with Gasteiger partial charge in [0.25, 0.3) is 5.56 Å². The lowest BCUT2D eigenvalue weighted by molar-refractivity contribution is 0.0694. The molecule has 122 valence electrons. The highest BCUT2D eigenvalue weighted by molar-refractivity contribution is 5.88. The van der Waals surface area contributed by atoms with E-state index < -0.39 is 28.3 Å². The van der Waals surface area contributed by atoms with Gasteiger partial charge in [0.2, 0.25) is 5.43 Å². The Labute approximate surface area is 135 Å². The molecular weight excluding hydrogens is 312 g/mol. The first-order valence-corrected chi connectivity index (χ1v) is 7.14. The van der Waals surface area contributed by atoms with Crippen LogP contribution in [0.2, 0.25) is 0 Å². The quantitative estimate of drug-likeness (QED) is 0.754. The molecule has 0 saturated heterocycles. The van der Waals surface area contributed by atoms with Crippen molar-refractivity contribution in [1.82, 2.24) is 8.97 Å². The zero-order valence-electron chi connectivity index (χ0n) is 12.8. The van der Waals surface area contributed by atoms with Crippen LogP contribution in [0.3, 0.4) is 0 Å². The second-order valence-electron chi connectivity index (χ2n) is 5.50. The van der Waals surface area contributed by atoms with Crippen LogP contribution in [0.5, 0.6) is 5.75 Å². The minimum absolute atomic E-state index is 0.250. The van der Waals surface area contributed by atoms with Gasteiger partial charge in [-0.2, -0.15) is 0 Å². The van der Waals surface area contributed by atoms with Gasteiger partial charge in [0.05, 0.1) is 6.54 Å². The van der Waals surface area contributed by atoms with Crippen LogP contribution in [0.15, 0.2) is 52.4 Å². The lowest BCUT2D eigenvalue weighted by atomic mass is 10.1. The Morgan fingerprint density at radius 1 is 1.21 bits per heavy atom. The molecule has 2 N–H and O–H groups in total. The topological polar surface area (TPSA) is 101 Å². The van der Waals surface area contributed by atoms with E-state index in [0.717, 1.165) is 21.7 Å². The Morgan fingerprint density at radius 3 is 2.62 bits per heavy atom. The third-order valence-corrected chi connectivity index (χ3v) is 3.75. The van der Waals surface area contributed by atoms with Crippen molar-refractivity contribution in [3.63, 3.8) is 0 Å². The molecule has 0 aliphatic rings. The van der Waals surface area contributed by atoms with Crippen LogP contribution in [0.4, 0.5) is 0 Å². The number of aromatic carboxylic acids is 1. The molecule has 0 aliphatic carbocycles. The van der Waals surface area contributed by atoms with E-state index in [1.165, 1.54) is 17.0 Å². The molecule has 1 aromatic carbocycles. The summed E-state index contributed by atoms with van der Waals surface area (Å²) < 4.78 is 2.50. The van der Waals surface area contributed by atoms with Gasteiger partial charge in [0.1, 0.15) is 5.56 Å². The standard InChI is InChI=1S/C17H14N2O5/c1-10-3-2-4-11(7-10)8-19-6-5-18-9-12(17(23)24)14(20)15(21)13(18)16(19)22/h2-7,9,21H,8H2,1H3,(H,23,24). The molecule has 0 fully saturated rings. The molecule has 0 bridgehead atoms. The number of benzene rings is 1. The molecule has 2 aromatic heterocycles. The normalized spacial score (nSPS) is 10.9. The zero-order chi connectivity index (χ0) is 17.4. The summed E-state index contributed by atoms with van der Waals surface area (Å²) in [5.41, 5.74) is -0.559. The summed E-state index contributed by atoms with van der Waals surface area (Å²) in [5, 5.41) is 19.0. The van der Waals surface area contributed by atoms with E-state index >= 15 is 0 Å². The number of aryl methyl sites for hydroxylation is 1. The average Bonchev–Trinajstić information content (AvgIpc) is 2.53. The molecule has 7 heteroatoms. The molecule has 0 saturated carbocycles. The Balaban J connectivity index is 2.20. The van der Waals surface area contributed by atoms with Gasteiger partial charge in [0.15, 0.2) is 11.3 Å². The van der Waals surface area contributed by atoms with E-state index in [1.54, 1.807) is 0 Å². The van der Waals surface area contributed by atoms with Crippen LogP contribution in [0.25, 0.3) is 5.52 Å². The van der Waals surface area contributed by atoms with Gasteiger partial charge in [-0.3, -0.25) is 9.59 Å². The number of hydrogen-bond acceptors (Lipinski definition) is 4. The lowest BCUT2D eigenvalue weighted by Crippen LogP contribution is -2.26. The molecule has 0 unspecified atom stereocenters. The van der Waals surface area contributed by atoms with Gasteiger partial charge in [-0.15, -0.1) is 0 Å². The van der Waals surface area contributed by atoms with Crippen molar-refractivity contribution in [2.24, 2.45) is 0 Å². The summed E-state index contributed by atoms with van der Waals surface area (Å²) in [5.74, 6) is -2.33. The highest BCUT2D eigenvalue weighted by atomic mass is 16.4. The van der Waals surface area contributed by atoms with Crippen molar-refractivity contribution in [2.75, 3.05) is 0 Å². The summed E-state index contributed by atoms with van der Waals surface area (Å²) in [6, 6.07) is 7.60. The Kier molecular flexibility index (Phi) is 3.69. The van der Waals surface area contributed by atoms with Crippen LogP contribution in [0.1, 0.15) is 21.5 Å². The van der Waals surface area contributed by atoms with Gasteiger partial charge < -0.3 is 19.2 Å². The maximum atomic E-state index is 12.6. The number of fused-ring (bicyclic) bond motifs is 1. The molecule has 24 heavy (non-hydrogen) atoms. The van der Waals surface area contributed by atoms with Crippen molar-refractivity contribution in [3.05, 3.63) is 80.1 Å². The fourth-order valence-corrected chi connectivity index (χ4v) is 2.59. The molecule has 0 aliphatic heterocycles. The minimum Gasteiger partial charge on any atom is -0.503 e. The molecule has 3 rings (SSSR count). The Bertz CT molecular complexity index is 1080. The van der Waals surface area contributed by atoms with E-state index in [9.17, 15) is 19.5 Å². The number of hydrogen-bond donors (Lipinski definition) is 2. The highest BCUT2D eigenvalue weighted by Gasteiger charge is 2.18. The number of carbonyl (C=O) groups is 1. The largest absolute Gasteiger partial charge is 0.503 e. The predicted octanol–water partition coefficient (Wildman–Crippen LogP) is 1.22. The Morgan fingerprint density at radius 2 is 1.96 bits per heavy atom. The van der Waals surface area contributed by atoms with Crippen molar-refractivity contribution in [3.8, 4) is 5.75 Å². The number of carboxylic acid groups (broad SMARTS) is 1. The molecule has 0 spiro atoms.